The molecule has 0 saturated carbocycles. The van der Waals surface area contributed by atoms with Gasteiger partial charge in [-0.15, -0.1) is 0 Å². The Kier molecular flexibility index (Phi) is 7.04. The number of hydrogen-bond acceptors (Lipinski definition) is 5. The Morgan fingerprint density at radius 3 is 2.40 bits per heavy atom. The fourth-order valence-electron chi connectivity index (χ4n) is 5.90. The van der Waals surface area contributed by atoms with Crippen LogP contribution in [0.15, 0.2) is 77.7 Å². The van der Waals surface area contributed by atoms with Crippen LogP contribution in [0.4, 0.5) is 13.2 Å². The molecular formula is C33H28F3NO5. The van der Waals surface area contributed by atoms with Crippen molar-refractivity contribution in [2.45, 2.75) is 37.5 Å². The van der Waals surface area contributed by atoms with Gasteiger partial charge in [-0.2, -0.15) is 13.2 Å². The predicted octanol–water partition coefficient (Wildman–Crippen LogP) is 6.84. The van der Waals surface area contributed by atoms with Crippen molar-refractivity contribution in [3.63, 3.8) is 0 Å². The number of ether oxygens (including phenoxy) is 3. The SMILES string of the molecule is COC(=O)CC1COc2cc(O[C@@H]3CCc4c3ccc(C(F)(F)F)c4-c3ccc(-c4ccc(=O)n(C)c4)cc3)ccc21. The molecule has 3 aromatic carbocycles. The van der Waals surface area contributed by atoms with Crippen LogP contribution >= 0.6 is 0 Å². The van der Waals surface area contributed by atoms with Gasteiger partial charge >= 0.3 is 12.1 Å². The summed E-state index contributed by atoms with van der Waals surface area (Å²) in [6, 6.07) is 18.2. The molecule has 1 aliphatic heterocycles. The summed E-state index contributed by atoms with van der Waals surface area (Å²) in [6.45, 7) is 0.366. The molecular weight excluding hydrogens is 547 g/mol. The van der Waals surface area contributed by atoms with Gasteiger partial charge in [0.25, 0.3) is 0 Å². The van der Waals surface area contributed by atoms with Gasteiger partial charge in [-0.25, -0.2) is 0 Å². The van der Waals surface area contributed by atoms with Gasteiger partial charge in [-0.1, -0.05) is 36.4 Å². The number of nitrogens with zero attached hydrogens (tertiary/aromatic N) is 1. The maximum Gasteiger partial charge on any atom is 0.417 e. The third-order valence-corrected chi connectivity index (χ3v) is 8.03. The lowest BCUT2D eigenvalue weighted by Crippen LogP contribution is -2.13. The van der Waals surface area contributed by atoms with E-state index in [0.29, 0.717) is 42.1 Å². The molecule has 6 rings (SSSR count). The zero-order chi connectivity index (χ0) is 29.6. The van der Waals surface area contributed by atoms with Gasteiger partial charge in [0.15, 0.2) is 0 Å². The van der Waals surface area contributed by atoms with Crippen molar-refractivity contribution < 1.29 is 32.2 Å². The molecule has 216 valence electrons. The number of aryl methyl sites for hydroxylation is 1. The summed E-state index contributed by atoms with van der Waals surface area (Å²) in [5, 5.41) is 0. The molecule has 0 fully saturated rings. The molecule has 0 radical (unpaired) electrons. The quantitative estimate of drug-likeness (QED) is 0.236. The van der Waals surface area contributed by atoms with Crippen LogP contribution < -0.4 is 15.0 Å². The van der Waals surface area contributed by atoms with E-state index in [-0.39, 0.29) is 29.4 Å². The van der Waals surface area contributed by atoms with Gasteiger partial charge in [0.1, 0.15) is 17.6 Å². The maximum absolute atomic E-state index is 14.2. The number of fused-ring (bicyclic) bond motifs is 2. The number of alkyl halides is 3. The molecule has 0 amide bonds. The first-order valence-corrected chi connectivity index (χ1v) is 13.6. The average molecular weight is 576 g/mol. The van der Waals surface area contributed by atoms with E-state index in [4.69, 9.17) is 14.2 Å². The van der Waals surface area contributed by atoms with Crippen LogP contribution in [-0.4, -0.2) is 24.3 Å². The minimum absolute atomic E-state index is 0.0998. The van der Waals surface area contributed by atoms with E-state index in [1.54, 1.807) is 55.7 Å². The lowest BCUT2D eigenvalue weighted by atomic mass is 9.90. The third-order valence-electron chi connectivity index (χ3n) is 8.03. The van der Waals surface area contributed by atoms with Crippen molar-refractivity contribution in [1.82, 2.24) is 4.57 Å². The highest BCUT2D eigenvalue weighted by molar-refractivity contribution is 5.77. The van der Waals surface area contributed by atoms with E-state index >= 15 is 0 Å². The number of esters is 1. The van der Waals surface area contributed by atoms with Gasteiger partial charge < -0.3 is 18.8 Å². The summed E-state index contributed by atoms with van der Waals surface area (Å²) in [6.07, 6.45) is -2.07. The van der Waals surface area contributed by atoms with Gasteiger partial charge in [-0.05, 0) is 64.4 Å². The fourth-order valence-corrected chi connectivity index (χ4v) is 5.90. The third kappa shape index (κ3) is 5.15. The van der Waals surface area contributed by atoms with E-state index in [2.05, 4.69) is 0 Å². The summed E-state index contributed by atoms with van der Waals surface area (Å²) in [5.74, 6) is 0.770. The Morgan fingerprint density at radius 2 is 1.69 bits per heavy atom. The molecule has 0 bridgehead atoms. The van der Waals surface area contributed by atoms with Crippen LogP contribution in [0.1, 0.15) is 47.1 Å². The van der Waals surface area contributed by atoms with Crippen molar-refractivity contribution in [3.8, 4) is 33.8 Å². The average Bonchev–Trinajstić information content (AvgIpc) is 3.57. The number of pyridine rings is 1. The normalized spacial score (nSPS) is 17.4. The number of halogens is 3. The first kappa shape index (κ1) is 27.6. The first-order valence-electron chi connectivity index (χ1n) is 13.6. The molecule has 0 N–H and O–H groups in total. The Bertz CT molecular complexity index is 1730. The first-order chi connectivity index (χ1) is 20.1. The topological polar surface area (TPSA) is 66.8 Å². The smallest absolute Gasteiger partial charge is 0.417 e. The van der Waals surface area contributed by atoms with Gasteiger partial charge in [0.05, 0.1) is 25.7 Å². The Balaban J connectivity index is 1.30. The second-order valence-electron chi connectivity index (χ2n) is 10.6. The number of benzene rings is 3. The standard InChI is InChI=1S/C33H28F3NO5/c1-37-17-21(7-14-30(37)38)19-3-5-20(6-4-19)32-26-11-13-28(25(26)10-12-27(32)33(34,35)36)42-23-8-9-24-22(15-31(39)40-2)18-41-29(24)16-23/h3-10,12,14,16-17,22,28H,11,13,15,18H2,1-2H3/t22?,28-/m1/s1. The Morgan fingerprint density at radius 1 is 0.976 bits per heavy atom. The lowest BCUT2D eigenvalue weighted by Gasteiger charge is -2.20. The molecule has 0 spiro atoms. The highest BCUT2D eigenvalue weighted by Gasteiger charge is 2.38. The summed E-state index contributed by atoms with van der Waals surface area (Å²) in [7, 11) is 3.00. The summed E-state index contributed by atoms with van der Waals surface area (Å²) < 4.78 is 61.0. The Hall–Kier alpha value is -4.53. The molecule has 4 aromatic rings. The van der Waals surface area contributed by atoms with Crippen molar-refractivity contribution in [3.05, 3.63) is 106 Å². The lowest BCUT2D eigenvalue weighted by molar-refractivity contribution is -0.141. The van der Waals surface area contributed by atoms with Crippen LogP contribution in [0.2, 0.25) is 0 Å². The van der Waals surface area contributed by atoms with Crippen LogP contribution in [0.25, 0.3) is 22.3 Å². The van der Waals surface area contributed by atoms with E-state index in [9.17, 15) is 22.8 Å². The van der Waals surface area contributed by atoms with Gasteiger partial charge in [0, 0.05) is 36.9 Å². The number of aromatic nitrogens is 1. The number of carbonyl (C=O) groups excluding carboxylic acids is 1. The number of carbonyl (C=O) groups is 1. The molecule has 2 atom stereocenters. The highest BCUT2D eigenvalue weighted by atomic mass is 19.4. The van der Waals surface area contributed by atoms with Crippen molar-refractivity contribution in [1.29, 1.82) is 0 Å². The van der Waals surface area contributed by atoms with Gasteiger partial charge in [0.2, 0.25) is 5.56 Å². The van der Waals surface area contributed by atoms with Crippen LogP contribution in [-0.2, 0) is 29.2 Å². The molecule has 1 aromatic heterocycles. The number of methoxy groups -OCH3 is 1. The second-order valence-corrected chi connectivity index (χ2v) is 10.6. The molecule has 2 heterocycles. The van der Waals surface area contributed by atoms with Crippen molar-refractivity contribution in [2.24, 2.45) is 7.05 Å². The minimum atomic E-state index is -4.53. The van der Waals surface area contributed by atoms with E-state index in [1.165, 1.54) is 23.8 Å². The zero-order valence-electron chi connectivity index (χ0n) is 23.0. The van der Waals surface area contributed by atoms with E-state index in [1.807, 2.05) is 6.07 Å². The predicted molar refractivity (Wildman–Crippen MR) is 151 cm³/mol. The molecule has 9 heteroatoms. The molecule has 6 nitrogen and oxygen atoms in total. The van der Waals surface area contributed by atoms with Gasteiger partial charge in [-0.3, -0.25) is 9.59 Å². The molecule has 1 aliphatic carbocycles. The summed E-state index contributed by atoms with van der Waals surface area (Å²) in [4.78, 5) is 23.5. The zero-order valence-corrected chi connectivity index (χ0v) is 23.0. The maximum atomic E-state index is 14.2. The number of hydrogen-bond donors (Lipinski definition) is 0. The molecule has 42 heavy (non-hydrogen) atoms. The molecule has 1 unspecified atom stereocenters. The largest absolute Gasteiger partial charge is 0.492 e. The highest BCUT2D eigenvalue weighted by Crippen LogP contribution is 2.47. The molecule has 2 aliphatic rings. The van der Waals surface area contributed by atoms with Crippen LogP contribution in [0, 0.1) is 0 Å². The van der Waals surface area contributed by atoms with Crippen molar-refractivity contribution in [2.75, 3.05) is 13.7 Å². The minimum Gasteiger partial charge on any atom is -0.492 e. The summed E-state index contributed by atoms with van der Waals surface area (Å²) in [5.41, 5.74) is 3.65. The van der Waals surface area contributed by atoms with Crippen molar-refractivity contribution >= 4 is 5.97 Å². The van der Waals surface area contributed by atoms with E-state index < -0.39 is 17.8 Å². The van der Waals surface area contributed by atoms with Crippen LogP contribution in [0.3, 0.4) is 0 Å². The summed E-state index contributed by atoms with van der Waals surface area (Å²) >= 11 is 0. The Labute approximate surface area is 240 Å². The monoisotopic (exact) mass is 575 g/mol. The molecule has 0 saturated heterocycles. The van der Waals surface area contributed by atoms with Crippen LogP contribution in [0.5, 0.6) is 11.5 Å². The number of rotatable bonds is 6. The second kappa shape index (κ2) is 10.7. The fraction of sp³-hybridized carbons (Fsp3) is 0.273. The van der Waals surface area contributed by atoms with E-state index in [0.717, 1.165) is 28.3 Å².